The number of nitrogens with one attached hydrogen (secondary N) is 2. The Labute approximate surface area is 141 Å². The van der Waals surface area contributed by atoms with E-state index in [1.807, 2.05) is 0 Å². The Morgan fingerprint density at radius 2 is 1.83 bits per heavy atom. The number of hydrogen-bond acceptors (Lipinski definition) is 5. The Kier molecular flexibility index (Phi) is 5.58. The van der Waals surface area contributed by atoms with E-state index in [9.17, 15) is 18.3 Å². The third kappa shape index (κ3) is 4.81. The van der Waals surface area contributed by atoms with E-state index in [4.69, 9.17) is 0 Å². The zero-order valence-electron chi connectivity index (χ0n) is 13.5. The molecule has 0 aromatic heterocycles. The largest absolute Gasteiger partial charge is 0.504 e. The molecule has 0 fully saturated rings. The Balaban J connectivity index is 2.01. The molecule has 1 aromatic carbocycles. The highest BCUT2D eigenvalue weighted by molar-refractivity contribution is 7.89. The van der Waals surface area contributed by atoms with Crippen LogP contribution < -0.4 is 10.3 Å². The lowest BCUT2D eigenvalue weighted by Gasteiger charge is -2.09. The van der Waals surface area contributed by atoms with Crippen LogP contribution in [0.15, 0.2) is 64.9 Å². The van der Waals surface area contributed by atoms with Crippen molar-refractivity contribution in [3.63, 3.8) is 0 Å². The van der Waals surface area contributed by atoms with E-state index in [1.165, 1.54) is 24.4 Å². The van der Waals surface area contributed by atoms with Crippen molar-refractivity contribution in [2.24, 2.45) is 5.92 Å². The van der Waals surface area contributed by atoms with Crippen LogP contribution in [-0.4, -0.2) is 19.3 Å². The topological polar surface area (TPSA) is 95.5 Å². The van der Waals surface area contributed by atoms with Crippen molar-refractivity contribution in [1.29, 1.82) is 0 Å². The van der Waals surface area contributed by atoms with Gasteiger partial charge in [0.05, 0.1) is 4.90 Å². The van der Waals surface area contributed by atoms with Crippen LogP contribution >= 0.6 is 0 Å². The highest BCUT2D eigenvalue weighted by Crippen LogP contribution is 2.13. The third-order valence-electron chi connectivity index (χ3n) is 3.29. The monoisotopic (exact) mass is 348 g/mol. The number of hydrogen-bond donors (Lipinski definition) is 3. The predicted octanol–water partition coefficient (Wildman–Crippen LogP) is 2.13. The summed E-state index contributed by atoms with van der Waals surface area (Å²) in [5.41, 5.74) is 4.00. The first-order valence-electron chi connectivity index (χ1n) is 7.47. The third-order valence-corrected chi connectivity index (χ3v) is 4.57. The van der Waals surface area contributed by atoms with Gasteiger partial charge in [0.2, 0.25) is 5.78 Å². The van der Waals surface area contributed by atoms with E-state index in [2.05, 4.69) is 24.1 Å². The molecular formula is C17H20N2O4S. The molecular weight excluding hydrogens is 328 g/mol. The number of aliphatic hydroxyl groups is 1. The van der Waals surface area contributed by atoms with Gasteiger partial charge in [-0.3, -0.25) is 4.79 Å². The summed E-state index contributed by atoms with van der Waals surface area (Å²) in [5.74, 6) is -0.387. The minimum Gasteiger partial charge on any atom is -0.504 e. The molecule has 128 valence electrons. The Morgan fingerprint density at radius 1 is 1.17 bits per heavy atom. The molecule has 0 bridgehead atoms. The molecule has 0 amide bonds. The molecule has 0 atom stereocenters. The molecule has 1 aromatic rings. The fraction of sp³-hybridized carbons (Fsp3) is 0.235. The number of benzene rings is 1. The number of carbonyl (C=O) groups excluding carboxylic acids is 1. The zero-order chi connectivity index (χ0) is 17.7. The van der Waals surface area contributed by atoms with Crippen LogP contribution in [0.25, 0.3) is 0 Å². The van der Waals surface area contributed by atoms with Gasteiger partial charge in [0.1, 0.15) is 0 Å². The molecule has 3 N–H and O–H groups in total. The Morgan fingerprint density at radius 3 is 2.42 bits per heavy atom. The van der Waals surface area contributed by atoms with Crippen molar-refractivity contribution in [3.05, 3.63) is 65.6 Å². The first-order chi connectivity index (χ1) is 11.3. The molecule has 0 spiro atoms. The molecule has 0 heterocycles. The van der Waals surface area contributed by atoms with Gasteiger partial charge in [-0.1, -0.05) is 26.0 Å². The van der Waals surface area contributed by atoms with E-state index < -0.39 is 21.6 Å². The van der Waals surface area contributed by atoms with Crippen molar-refractivity contribution in [2.75, 3.05) is 0 Å². The maximum Gasteiger partial charge on any atom is 0.257 e. The molecule has 7 heteroatoms. The number of sulfonamides is 1. The van der Waals surface area contributed by atoms with Crippen LogP contribution in [0.1, 0.15) is 19.4 Å². The standard InChI is InChI=1S/C17H20N2O4S/c1-12(2)9-13-3-6-15(7-4-13)24(22,23)19-18-11-14-5-8-16(20)17(21)10-14/h3-8,10-12,18-19,21H,9H2,1-2H3/b14-11-. The van der Waals surface area contributed by atoms with E-state index in [0.29, 0.717) is 11.5 Å². The van der Waals surface area contributed by atoms with Crippen molar-refractivity contribution < 1.29 is 18.3 Å². The average Bonchev–Trinajstić information content (AvgIpc) is 2.50. The average molecular weight is 348 g/mol. The lowest BCUT2D eigenvalue weighted by Crippen LogP contribution is -2.33. The molecule has 0 unspecified atom stereocenters. The molecule has 1 aliphatic rings. The predicted molar refractivity (Wildman–Crippen MR) is 91.4 cm³/mol. The summed E-state index contributed by atoms with van der Waals surface area (Å²) in [6, 6.07) is 6.70. The molecule has 0 aliphatic heterocycles. The first kappa shape index (κ1) is 18.0. The second-order valence-corrected chi connectivity index (χ2v) is 7.55. The number of aliphatic hydroxyl groups excluding tert-OH is 1. The molecule has 2 rings (SSSR count). The highest BCUT2D eigenvalue weighted by atomic mass is 32.2. The summed E-state index contributed by atoms with van der Waals surface area (Å²) in [4.78, 5) is 13.5. The summed E-state index contributed by atoms with van der Waals surface area (Å²) in [7, 11) is -3.71. The lowest BCUT2D eigenvalue weighted by molar-refractivity contribution is -0.113. The van der Waals surface area contributed by atoms with Crippen LogP contribution in [0.4, 0.5) is 0 Å². The summed E-state index contributed by atoms with van der Waals surface area (Å²) < 4.78 is 24.4. The van der Waals surface area contributed by atoms with E-state index in [1.54, 1.807) is 24.3 Å². The minimum absolute atomic E-state index is 0.147. The molecule has 6 nitrogen and oxygen atoms in total. The van der Waals surface area contributed by atoms with Crippen LogP contribution in [0.2, 0.25) is 0 Å². The summed E-state index contributed by atoms with van der Waals surface area (Å²) in [6.07, 6.45) is 6.13. The van der Waals surface area contributed by atoms with Crippen molar-refractivity contribution >= 4 is 15.8 Å². The number of carbonyl (C=O) groups is 1. The zero-order valence-corrected chi connectivity index (χ0v) is 14.3. The fourth-order valence-electron chi connectivity index (χ4n) is 2.15. The SMILES string of the molecule is CC(C)Cc1ccc(S(=O)(=O)NN/C=C2/C=CC(=O)C(O)=C2)cc1. The molecule has 0 saturated heterocycles. The number of ketones is 1. The quantitative estimate of drug-likeness (QED) is 0.685. The van der Waals surface area contributed by atoms with Crippen LogP contribution in [0.5, 0.6) is 0 Å². The van der Waals surface area contributed by atoms with Crippen molar-refractivity contribution in [1.82, 2.24) is 10.3 Å². The van der Waals surface area contributed by atoms with Crippen molar-refractivity contribution in [2.45, 2.75) is 25.2 Å². The minimum atomic E-state index is -3.71. The second kappa shape index (κ2) is 7.46. The van der Waals surface area contributed by atoms with Gasteiger partial charge in [0.15, 0.2) is 5.76 Å². The molecule has 0 saturated carbocycles. The van der Waals surface area contributed by atoms with Gasteiger partial charge >= 0.3 is 0 Å². The normalized spacial score (nSPS) is 16.5. The number of allylic oxidation sites excluding steroid dienone is 4. The Bertz CT molecular complexity index is 803. The van der Waals surface area contributed by atoms with Crippen LogP contribution in [0.3, 0.4) is 0 Å². The van der Waals surface area contributed by atoms with Gasteiger partial charge in [-0.15, -0.1) is 4.83 Å². The summed E-state index contributed by atoms with van der Waals surface area (Å²) >= 11 is 0. The Hall–Kier alpha value is -2.38. The molecule has 0 radical (unpaired) electrons. The number of rotatable bonds is 6. The van der Waals surface area contributed by atoms with E-state index in [0.717, 1.165) is 12.0 Å². The maximum atomic E-state index is 12.2. The maximum absolute atomic E-state index is 12.2. The van der Waals surface area contributed by atoms with Gasteiger partial charge in [-0.2, -0.15) is 0 Å². The highest BCUT2D eigenvalue weighted by Gasteiger charge is 2.13. The fourth-order valence-corrected chi connectivity index (χ4v) is 2.98. The van der Waals surface area contributed by atoms with E-state index >= 15 is 0 Å². The van der Waals surface area contributed by atoms with Crippen molar-refractivity contribution in [3.8, 4) is 0 Å². The van der Waals surface area contributed by atoms with Gasteiger partial charge in [-0.25, -0.2) is 8.42 Å². The summed E-state index contributed by atoms with van der Waals surface area (Å²) in [6.45, 7) is 4.20. The van der Waals surface area contributed by atoms with Gasteiger partial charge < -0.3 is 10.5 Å². The number of hydrazine groups is 1. The smallest absolute Gasteiger partial charge is 0.257 e. The van der Waals surface area contributed by atoms with Gasteiger partial charge in [0, 0.05) is 6.20 Å². The lowest BCUT2D eigenvalue weighted by atomic mass is 10.0. The van der Waals surface area contributed by atoms with Crippen LogP contribution in [-0.2, 0) is 21.2 Å². The first-order valence-corrected chi connectivity index (χ1v) is 8.96. The van der Waals surface area contributed by atoms with Gasteiger partial charge in [-0.05, 0) is 53.8 Å². The van der Waals surface area contributed by atoms with Gasteiger partial charge in [0.25, 0.3) is 10.0 Å². The molecule has 1 aliphatic carbocycles. The molecule has 24 heavy (non-hydrogen) atoms. The summed E-state index contributed by atoms with van der Waals surface area (Å²) in [5, 5.41) is 9.33. The van der Waals surface area contributed by atoms with E-state index in [-0.39, 0.29) is 4.90 Å². The van der Waals surface area contributed by atoms with Crippen LogP contribution in [0, 0.1) is 5.92 Å². The second-order valence-electron chi connectivity index (χ2n) is 5.86.